The van der Waals surface area contributed by atoms with Crippen LogP contribution >= 0.6 is 0 Å². The number of carbonyl (C=O) groups is 1. The van der Waals surface area contributed by atoms with Crippen LogP contribution in [0.4, 0.5) is 5.69 Å². The van der Waals surface area contributed by atoms with Crippen LogP contribution < -0.4 is 9.64 Å². The molecule has 0 radical (unpaired) electrons. The van der Waals surface area contributed by atoms with Gasteiger partial charge in [0.05, 0.1) is 12.0 Å². The average Bonchev–Trinajstić information content (AvgIpc) is 3.23. The molecule has 0 amide bonds. The molecule has 6 heteroatoms. The number of aromatic nitrogens is 2. The lowest BCUT2D eigenvalue weighted by molar-refractivity contribution is 0.0350. The van der Waals surface area contributed by atoms with Crippen molar-refractivity contribution >= 4 is 11.5 Å². The largest absolute Gasteiger partial charge is 0.486 e. The summed E-state index contributed by atoms with van der Waals surface area (Å²) in [5.41, 5.74) is 2.86. The third-order valence-corrected chi connectivity index (χ3v) is 5.69. The van der Waals surface area contributed by atoms with Crippen molar-refractivity contribution in [3.63, 3.8) is 0 Å². The highest BCUT2D eigenvalue weighted by atomic mass is 16.5. The first-order chi connectivity index (χ1) is 13.9. The van der Waals surface area contributed by atoms with Gasteiger partial charge in [-0.2, -0.15) is 4.98 Å². The van der Waals surface area contributed by atoms with Crippen LogP contribution in [0.1, 0.15) is 43.5 Å². The van der Waals surface area contributed by atoms with E-state index in [0.29, 0.717) is 35.0 Å². The number of hydrogen-bond acceptors (Lipinski definition) is 6. The fraction of sp³-hybridized carbons (Fsp3) is 0.348. The first-order valence-electron chi connectivity index (χ1n) is 9.93. The van der Waals surface area contributed by atoms with E-state index in [4.69, 9.17) is 9.26 Å². The number of Topliss-reactive ketones (excluding diaryl/α,β-unsaturated/α-hetero) is 1. The van der Waals surface area contributed by atoms with Gasteiger partial charge in [-0.1, -0.05) is 19.0 Å². The van der Waals surface area contributed by atoms with Gasteiger partial charge < -0.3 is 14.2 Å². The van der Waals surface area contributed by atoms with Gasteiger partial charge in [0.25, 0.3) is 5.89 Å². The topological polar surface area (TPSA) is 68.5 Å². The zero-order chi connectivity index (χ0) is 20.6. The van der Waals surface area contributed by atoms with Crippen molar-refractivity contribution in [1.82, 2.24) is 10.1 Å². The molecule has 0 aliphatic carbocycles. The molecule has 1 aliphatic heterocycles. The van der Waals surface area contributed by atoms with E-state index >= 15 is 0 Å². The summed E-state index contributed by atoms with van der Waals surface area (Å²) in [5, 5.41) is 4.10. The maximum Gasteiger partial charge on any atom is 0.258 e. The summed E-state index contributed by atoms with van der Waals surface area (Å²) in [6.07, 6.45) is 2.00. The summed E-state index contributed by atoms with van der Waals surface area (Å²) in [5.74, 6) is 1.63. The van der Waals surface area contributed by atoms with Gasteiger partial charge in [-0.15, -0.1) is 0 Å². The van der Waals surface area contributed by atoms with Crippen LogP contribution in [0.15, 0.2) is 47.0 Å². The highest BCUT2D eigenvalue weighted by Crippen LogP contribution is 2.39. The van der Waals surface area contributed by atoms with Gasteiger partial charge >= 0.3 is 0 Å². The molecule has 2 heterocycles. The van der Waals surface area contributed by atoms with Crippen LogP contribution in [0.25, 0.3) is 22.8 Å². The highest BCUT2D eigenvalue weighted by molar-refractivity contribution is 6.01. The van der Waals surface area contributed by atoms with Crippen molar-refractivity contribution in [2.75, 3.05) is 19.0 Å². The fourth-order valence-electron chi connectivity index (χ4n) is 3.64. The van der Waals surface area contributed by atoms with Gasteiger partial charge in [-0.25, -0.2) is 0 Å². The van der Waals surface area contributed by atoms with E-state index in [1.165, 1.54) is 0 Å². The maximum absolute atomic E-state index is 12.8. The summed E-state index contributed by atoms with van der Waals surface area (Å²) in [6, 6.07) is 13.4. The number of benzene rings is 2. The van der Waals surface area contributed by atoms with Gasteiger partial charge in [-0.05, 0) is 55.3 Å². The number of fused-ring (bicyclic) bond motifs is 1. The molecule has 150 valence electrons. The van der Waals surface area contributed by atoms with E-state index in [1.807, 2.05) is 55.4 Å². The number of ether oxygens (including phenoxy) is 1. The van der Waals surface area contributed by atoms with Gasteiger partial charge in [0.2, 0.25) is 5.82 Å². The predicted octanol–water partition coefficient (Wildman–Crippen LogP) is 4.99. The van der Waals surface area contributed by atoms with Gasteiger partial charge in [0.1, 0.15) is 11.4 Å². The van der Waals surface area contributed by atoms with E-state index in [0.717, 1.165) is 24.1 Å². The lowest BCUT2D eigenvalue weighted by Crippen LogP contribution is -2.40. The molecule has 29 heavy (non-hydrogen) atoms. The van der Waals surface area contributed by atoms with Crippen LogP contribution in [-0.4, -0.2) is 35.6 Å². The third-order valence-electron chi connectivity index (χ3n) is 5.69. The zero-order valence-corrected chi connectivity index (χ0v) is 17.2. The molecule has 2 aromatic carbocycles. The number of anilines is 1. The number of ketones is 1. The first kappa shape index (κ1) is 19.2. The minimum absolute atomic E-state index is 0.0933. The molecule has 0 saturated carbocycles. The van der Waals surface area contributed by atoms with Crippen LogP contribution in [-0.2, 0) is 0 Å². The Bertz CT molecular complexity index is 1030. The van der Waals surface area contributed by atoms with Crippen molar-refractivity contribution in [3.05, 3.63) is 48.0 Å². The number of hydrogen-bond donors (Lipinski definition) is 0. The summed E-state index contributed by atoms with van der Waals surface area (Å²) in [4.78, 5) is 19.3. The molecule has 0 unspecified atom stereocenters. The smallest absolute Gasteiger partial charge is 0.258 e. The van der Waals surface area contributed by atoms with Gasteiger partial charge in [0.15, 0.2) is 5.78 Å². The molecule has 0 saturated heterocycles. The second-order valence-corrected chi connectivity index (χ2v) is 7.67. The lowest BCUT2D eigenvalue weighted by Gasteiger charge is -2.36. The summed E-state index contributed by atoms with van der Waals surface area (Å²) in [7, 11) is 3.99. The van der Waals surface area contributed by atoms with E-state index in [1.54, 1.807) is 6.07 Å². The Balaban J connectivity index is 1.62. The summed E-state index contributed by atoms with van der Waals surface area (Å²) < 4.78 is 11.7. The number of nitrogens with zero attached hydrogens (tertiary/aromatic N) is 3. The molecule has 0 atom stereocenters. The number of rotatable bonds is 5. The summed E-state index contributed by atoms with van der Waals surface area (Å²) >= 11 is 0. The first-order valence-corrected chi connectivity index (χ1v) is 9.93. The predicted molar refractivity (Wildman–Crippen MR) is 112 cm³/mol. The lowest BCUT2D eigenvalue weighted by atomic mass is 9.85. The normalized spacial score (nSPS) is 15.0. The Labute approximate surface area is 170 Å². The highest BCUT2D eigenvalue weighted by Gasteiger charge is 2.37. The van der Waals surface area contributed by atoms with E-state index in [-0.39, 0.29) is 5.78 Å². The molecule has 0 bridgehead atoms. The third kappa shape index (κ3) is 3.50. The quantitative estimate of drug-likeness (QED) is 0.610. The standard InChI is InChI=1S/C23H25N3O3/c1-5-23(6-2)14-19(27)18-13-16(9-12-20(18)28-23)22-24-21(25-29-22)15-7-10-17(11-8-15)26(3)4/h7-13H,5-6,14H2,1-4H3. The molecular formula is C23H25N3O3. The van der Waals surface area contributed by atoms with Crippen molar-refractivity contribution in [2.45, 2.75) is 38.7 Å². The molecule has 1 aromatic heterocycles. The molecule has 0 spiro atoms. The van der Waals surface area contributed by atoms with Gasteiger partial charge in [-0.3, -0.25) is 4.79 Å². The summed E-state index contributed by atoms with van der Waals surface area (Å²) in [6.45, 7) is 4.11. The SMILES string of the molecule is CCC1(CC)CC(=O)c2cc(-c3nc(-c4ccc(N(C)C)cc4)no3)ccc2O1. The van der Waals surface area contributed by atoms with Crippen LogP contribution in [0.5, 0.6) is 5.75 Å². The minimum Gasteiger partial charge on any atom is -0.486 e. The molecular weight excluding hydrogens is 366 g/mol. The van der Waals surface area contributed by atoms with Gasteiger partial charge in [0, 0.05) is 30.9 Å². The van der Waals surface area contributed by atoms with Crippen molar-refractivity contribution in [1.29, 1.82) is 0 Å². The second-order valence-electron chi connectivity index (χ2n) is 7.67. The molecule has 0 N–H and O–H groups in total. The van der Waals surface area contributed by atoms with Crippen LogP contribution in [0.3, 0.4) is 0 Å². The Morgan fingerprint density at radius 1 is 1.03 bits per heavy atom. The van der Waals surface area contributed by atoms with Crippen LogP contribution in [0.2, 0.25) is 0 Å². The second kappa shape index (κ2) is 7.35. The van der Waals surface area contributed by atoms with E-state index in [9.17, 15) is 4.79 Å². The Hall–Kier alpha value is -3.15. The van der Waals surface area contributed by atoms with Crippen molar-refractivity contribution in [2.24, 2.45) is 0 Å². The fourth-order valence-corrected chi connectivity index (χ4v) is 3.64. The Kier molecular flexibility index (Phi) is 4.86. The molecule has 6 nitrogen and oxygen atoms in total. The van der Waals surface area contributed by atoms with E-state index < -0.39 is 5.60 Å². The Morgan fingerprint density at radius 3 is 2.38 bits per heavy atom. The molecule has 3 aromatic rings. The zero-order valence-electron chi connectivity index (χ0n) is 17.2. The Morgan fingerprint density at radius 2 is 1.72 bits per heavy atom. The molecule has 0 fully saturated rings. The van der Waals surface area contributed by atoms with Crippen LogP contribution in [0, 0.1) is 0 Å². The molecule has 1 aliphatic rings. The van der Waals surface area contributed by atoms with Crippen molar-refractivity contribution < 1.29 is 14.1 Å². The van der Waals surface area contributed by atoms with Crippen molar-refractivity contribution in [3.8, 4) is 28.6 Å². The number of carbonyl (C=O) groups excluding carboxylic acids is 1. The maximum atomic E-state index is 12.8. The minimum atomic E-state index is -0.401. The molecule has 4 rings (SSSR count). The van der Waals surface area contributed by atoms with E-state index in [2.05, 4.69) is 24.0 Å². The monoisotopic (exact) mass is 391 g/mol. The average molecular weight is 391 g/mol.